The van der Waals surface area contributed by atoms with Crippen molar-refractivity contribution in [1.29, 1.82) is 0 Å². The molecule has 3 N–H and O–H groups in total. The van der Waals surface area contributed by atoms with Crippen molar-refractivity contribution in [3.8, 4) is 34.1 Å². The van der Waals surface area contributed by atoms with Gasteiger partial charge in [0, 0.05) is 11.1 Å². The van der Waals surface area contributed by atoms with Crippen LogP contribution in [0.15, 0.2) is 42.5 Å². The van der Waals surface area contributed by atoms with Gasteiger partial charge in [-0.3, -0.25) is 0 Å². The lowest BCUT2D eigenvalue weighted by Gasteiger charge is -2.16. The molecule has 0 aliphatic heterocycles. The molecule has 0 spiro atoms. The third-order valence-electron chi connectivity index (χ3n) is 4.01. The zero-order valence-electron chi connectivity index (χ0n) is 13.6. The summed E-state index contributed by atoms with van der Waals surface area (Å²) in [5.74, 6) is -1.09. The smallest absolute Gasteiger partial charge is 0.342 e. The average molecular weight is 340 g/mol. The Hall–Kier alpha value is -3.41. The van der Waals surface area contributed by atoms with E-state index < -0.39 is 5.97 Å². The molecule has 3 aromatic carbocycles. The summed E-state index contributed by atoms with van der Waals surface area (Å²) in [6.07, 6.45) is 0. The van der Waals surface area contributed by atoms with Crippen LogP contribution in [0.5, 0.6) is 23.0 Å². The van der Waals surface area contributed by atoms with Crippen LogP contribution in [0.4, 0.5) is 0 Å². The van der Waals surface area contributed by atoms with Crippen LogP contribution in [-0.2, 0) is 4.74 Å². The molecule has 6 nitrogen and oxygen atoms in total. The van der Waals surface area contributed by atoms with Gasteiger partial charge in [0.25, 0.3) is 0 Å². The second kappa shape index (κ2) is 6.24. The minimum Gasteiger partial charge on any atom is -0.507 e. The van der Waals surface area contributed by atoms with Crippen molar-refractivity contribution in [3.05, 3.63) is 48.0 Å². The van der Waals surface area contributed by atoms with Crippen LogP contribution in [0, 0.1) is 0 Å². The number of benzene rings is 3. The number of rotatable bonds is 3. The molecule has 6 heteroatoms. The molecule has 0 amide bonds. The SMILES string of the molecule is COC(=O)c1c(O)ccc(O)c1-c1c(O)ccc2ccc(OC)cc12. The Labute approximate surface area is 143 Å². The highest BCUT2D eigenvalue weighted by molar-refractivity contribution is 6.09. The monoisotopic (exact) mass is 340 g/mol. The predicted molar refractivity (Wildman–Crippen MR) is 92.3 cm³/mol. The van der Waals surface area contributed by atoms with E-state index in [9.17, 15) is 20.1 Å². The number of carbonyl (C=O) groups is 1. The van der Waals surface area contributed by atoms with Crippen molar-refractivity contribution in [2.24, 2.45) is 0 Å². The van der Waals surface area contributed by atoms with Crippen molar-refractivity contribution in [2.45, 2.75) is 0 Å². The molecule has 3 aromatic rings. The first-order chi connectivity index (χ1) is 12.0. The van der Waals surface area contributed by atoms with E-state index >= 15 is 0 Å². The molecule has 0 unspecified atom stereocenters. The lowest BCUT2D eigenvalue weighted by molar-refractivity contribution is 0.0598. The fourth-order valence-corrected chi connectivity index (χ4v) is 2.82. The first kappa shape index (κ1) is 16.4. The number of hydrogen-bond acceptors (Lipinski definition) is 6. The van der Waals surface area contributed by atoms with E-state index in [0.717, 1.165) is 5.39 Å². The van der Waals surface area contributed by atoms with Gasteiger partial charge in [0.1, 0.15) is 28.6 Å². The van der Waals surface area contributed by atoms with Crippen LogP contribution in [0.1, 0.15) is 10.4 Å². The van der Waals surface area contributed by atoms with Gasteiger partial charge in [0.15, 0.2) is 0 Å². The molecule has 0 atom stereocenters. The summed E-state index contributed by atoms with van der Waals surface area (Å²) in [6, 6.07) is 10.8. The number of esters is 1. The Morgan fingerprint density at radius 1 is 0.840 bits per heavy atom. The van der Waals surface area contributed by atoms with E-state index in [1.165, 1.54) is 32.4 Å². The molecule has 128 valence electrons. The zero-order chi connectivity index (χ0) is 18.1. The van der Waals surface area contributed by atoms with Crippen molar-refractivity contribution in [2.75, 3.05) is 14.2 Å². The van der Waals surface area contributed by atoms with Gasteiger partial charge in [-0.05, 0) is 41.1 Å². The Morgan fingerprint density at radius 2 is 1.44 bits per heavy atom. The number of aromatic hydroxyl groups is 3. The molecule has 0 heterocycles. The molecule has 0 aliphatic rings. The summed E-state index contributed by atoms with van der Waals surface area (Å²) in [4.78, 5) is 12.2. The van der Waals surface area contributed by atoms with Gasteiger partial charge in [0.05, 0.1) is 14.2 Å². The largest absolute Gasteiger partial charge is 0.507 e. The normalized spacial score (nSPS) is 10.6. The molecular formula is C19H16O6. The van der Waals surface area contributed by atoms with Crippen molar-refractivity contribution >= 4 is 16.7 Å². The van der Waals surface area contributed by atoms with Gasteiger partial charge in [-0.25, -0.2) is 4.79 Å². The number of fused-ring (bicyclic) bond motifs is 1. The molecule has 0 radical (unpaired) electrons. The van der Waals surface area contributed by atoms with Gasteiger partial charge >= 0.3 is 5.97 Å². The van der Waals surface area contributed by atoms with Crippen LogP contribution in [0.3, 0.4) is 0 Å². The fraction of sp³-hybridized carbons (Fsp3) is 0.105. The summed E-state index contributed by atoms with van der Waals surface area (Å²) >= 11 is 0. The first-order valence-corrected chi connectivity index (χ1v) is 7.41. The number of carbonyl (C=O) groups excluding carboxylic acids is 1. The Bertz CT molecular complexity index is 977. The van der Waals surface area contributed by atoms with Crippen molar-refractivity contribution < 1.29 is 29.6 Å². The van der Waals surface area contributed by atoms with Crippen molar-refractivity contribution in [1.82, 2.24) is 0 Å². The fourth-order valence-electron chi connectivity index (χ4n) is 2.82. The minimum absolute atomic E-state index is 0.0109. The third-order valence-corrected chi connectivity index (χ3v) is 4.01. The molecule has 25 heavy (non-hydrogen) atoms. The van der Waals surface area contributed by atoms with E-state index in [1.807, 2.05) is 0 Å². The molecule has 0 saturated heterocycles. The van der Waals surface area contributed by atoms with Crippen molar-refractivity contribution in [3.63, 3.8) is 0 Å². The molecular weight excluding hydrogens is 324 g/mol. The van der Waals surface area contributed by atoms with Gasteiger partial charge in [-0.2, -0.15) is 0 Å². The van der Waals surface area contributed by atoms with E-state index in [-0.39, 0.29) is 33.9 Å². The van der Waals surface area contributed by atoms with E-state index in [2.05, 4.69) is 0 Å². The van der Waals surface area contributed by atoms with Crippen LogP contribution in [0.25, 0.3) is 21.9 Å². The molecule has 0 aromatic heterocycles. The van der Waals surface area contributed by atoms with Gasteiger partial charge in [-0.15, -0.1) is 0 Å². The maximum Gasteiger partial charge on any atom is 0.342 e. The average Bonchev–Trinajstić information content (AvgIpc) is 2.62. The maximum atomic E-state index is 12.2. The van der Waals surface area contributed by atoms with Gasteiger partial charge < -0.3 is 24.8 Å². The van der Waals surface area contributed by atoms with Crippen LogP contribution in [0.2, 0.25) is 0 Å². The summed E-state index contributed by atoms with van der Waals surface area (Å²) < 4.78 is 9.94. The van der Waals surface area contributed by atoms with E-state index in [0.29, 0.717) is 11.1 Å². The molecule has 3 rings (SSSR count). The van der Waals surface area contributed by atoms with Gasteiger partial charge in [0.2, 0.25) is 0 Å². The minimum atomic E-state index is -0.831. The first-order valence-electron chi connectivity index (χ1n) is 7.41. The number of methoxy groups -OCH3 is 2. The Kier molecular flexibility index (Phi) is 4.10. The highest BCUT2D eigenvalue weighted by atomic mass is 16.5. The predicted octanol–water partition coefficient (Wildman–Crippen LogP) is 3.42. The summed E-state index contributed by atoms with van der Waals surface area (Å²) in [5, 5.41) is 32.2. The van der Waals surface area contributed by atoms with Crippen LogP contribution < -0.4 is 4.74 Å². The second-order valence-corrected chi connectivity index (χ2v) is 5.39. The lowest BCUT2D eigenvalue weighted by Crippen LogP contribution is -2.05. The van der Waals surface area contributed by atoms with Crippen LogP contribution in [-0.4, -0.2) is 35.5 Å². The molecule has 0 bridgehead atoms. The highest BCUT2D eigenvalue weighted by Gasteiger charge is 2.25. The van der Waals surface area contributed by atoms with E-state index in [1.54, 1.807) is 24.3 Å². The summed E-state index contributed by atoms with van der Waals surface area (Å²) in [7, 11) is 2.68. The number of phenols is 3. The standard InChI is InChI=1S/C19H16O6/c1-24-11-5-3-10-4-6-13(20)16(12(10)9-11)17-14(21)7-8-15(22)18(17)19(23)25-2/h3-9,20-22H,1-2H3. The van der Waals surface area contributed by atoms with Crippen LogP contribution >= 0.6 is 0 Å². The zero-order valence-corrected chi connectivity index (χ0v) is 13.6. The molecule has 0 saturated carbocycles. The third kappa shape index (κ3) is 2.67. The summed E-state index contributed by atoms with van der Waals surface area (Å²) in [5.41, 5.74) is -0.0403. The number of ether oxygens (including phenoxy) is 2. The number of hydrogen-bond donors (Lipinski definition) is 3. The maximum absolute atomic E-state index is 12.2. The Morgan fingerprint density at radius 3 is 2.12 bits per heavy atom. The Balaban J connectivity index is 2.47. The molecule has 0 fully saturated rings. The van der Waals surface area contributed by atoms with E-state index in [4.69, 9.17) is 9.47 Å². The quantitative estimate of drug-likeness (QED) is 0.499. The highest BCUT2D eigenvalue weighted by Crippen LogP contribution is 2.45. The topological polar surface area (TPSA) is 96.2 Å². The number of phenolic OH excluding ortho intramolecular Hbond substituents is 3. The molecule has 0 aliphatic carbocycles. The summed E-state index contributed by atoms with van der Waals surface area (Å²) in [6.45, 7) is 0. The van der Waals surface area contributed by atoms with Gasteiger partial charge in [-0.1, -0.05) is 12.1 Å². The lowest BCUT2D eigenvalue weighted by atomic mass is 9.92. The second-order valence-electron chi connectivity index (χ2n) is 5.39.